The van der Waals surface area contributed by atoms with Crippen molar-refractivity contribution in [2.75, 3.05) is 7.11 Å². The van der Waals surface area contributed by atoms with Crippen LogP contribution < -0.4 is 4.74 Å². The lowest BCUT2D eigenvalue weighted by molar-refractivity contribution is 0.0992. The van der Waals surface area contributed by atoms with Crippen molar-refractivity contribution in [1.29, 1.82) is 0 Å². The fourth-order valence-corrected chi connectivity index (χ4v) is 1.88. The van der Waals surface area contributed by atoms with Gasteiger partial charge in [-0.3, -0.25) is 4.79 Å². The largest absolute Gasteiger partial charge is 0.497 e. The maximum Gasteiger partial charge on any atom is 0.167 e. The molecule has 0 fully saturated rings. The molecule has 0 amide bonds. The number of carbonyl (C=O) groups excluding carboxylic acids is 1. The standard InChI is InChI=1S/C15H12ClFO2/c1-19-13-6-3-10(4-7-13)15(18)8-11-2-5-12(16)9-14(11)17/h2-7,9H,8H2,1H3. The fraction of sp³-hybridized carbons (Fsp3) is 0.133. The highest BCUT2D eigenvalue weighted by atomic mass is 35.5. The number of rotatable bonds is 4. The topological polar surface area (TPSA) is 26.3 Å². The van der Waals surface area contributed by atoms with E-state index < -0.39 is 5.82 Å². The molecule has 19 heavy (non-hydrogen) atoms. The molecule has 2 aromatic rings. The molecule has 0 aliphatic carbocycles. The third-order valence-electron chi connectivity index (χ3n) is 2.78. The lowest BCUT2D eigenvalue weighted by Gasteiger charge is -2.05. The zero-order chi connectivity index (χ0) is 13.8. The molecule has 2 rings (SSSR count). The molecular formula is C15H12ClFO2. The molecule has 0 spiro atoms. The number of halogens is 2. The van der Waals surface area contributed by atoms with Gasteiger partial charge in [-0.05, 0) is 42.0 Å². The van der Waals surface area contributed by atoms with Crippen molar-refractivity contribution in [3.8, 4) is 5.75 Å². The van der Waals surface area contributed by atoms with Crippen molar-refractivity contribution in [3.63, 3.8) is 0 Å². The minimum Gasteiger partial charge on any atom is -0.497 e. The monoisotopic (exact) mass is 278 g/mol. The van der Waals surface area contributed by atoms with E-state index in [1.54, 1.807) is 37.4 Å². The Morgan fingerprint density at radius 3 is 2.47 bits per heavy atom. The maximum absolute atomic E-state index is 13.6. The number of ether oxygens (including phenoxy) is 1. The second-order valence-electron chi connectivity index (χ2n) is 4.06. The summed E-state index contributed by atoms with van der Waals surface area (Å²) in [6.07, 6.45) is 0.00926. The van der Waals surface area contributed by atoms with E-state index >= 15 is 0 Å². The predicted molar refractivity (Wildman–Crippen MR) is 72.4 cm³/mol. The summed E-state index contributed by atoms with van der Waals surface area (Å²) in [5.74, 6) is 0.0625. The highest BCUT2D eigenvalue weighted by Gasteiger charge is 2.11. The van der Waals surface area contributed by atoms with Crippen molar-refractivity contribution in [2.24, 2.45) is 0 Å². The summed E-state index contributed by atoms with van der Waals surface area (Å²) in [5, 5.41) is 0.318. The average molecular weight is 279 g/mol. The fourth-order valence-electron chi connectivity index (χ4n) is 1.72. The molecule has 0 aliphatic rings. The summed E-state index contributed by atoms with van der Waals surface area (Å²) >= 11 is 5.67. The highest BCUT2D eigenvalue weighted by molar-refractivity contribution is 6.30. The van der Waals surface area contributed by atoms with Crippen LogP contribution in [0.5, 0.6) is 5.75 Å². The number of carbonyl (C=O) groups is 1. The van der Waals surface area contributed by atoms with Crippen molar-refractivity contribution in [3.05, 3.63) is 64.4 Å². The molecular weight excluding hydrogens is 267 g/mol. The summed E-state index contributed by atoms with van der Waals surface area (Å²) in [6.45, 7) is 0. The van der Waals surface area contributed by atoms with Crippen LogP contribution in [0.2, 0.25) is 5.02 Å². The molecule has 0 heterocycles. The van der Waals surface area contributed by atoms with E-state index in [9.17, 15) is 9.18 Å². The van der Waals surface area contributed by atoms with Gasteiger partial charge in [0, 0.05) is 17.0 Å². The van der Waals surface area contributed by atoms with Crippen molar-refractivity contribution >= 4 is 17.4 Å². The third-order valence-corrected chi connectivity index (χ3v) is 3.01. The van der Waals surface area contributed by atoms with E-state index in [0.717, 1.165) is 0 Å². The molecule has 2 nitrogen and oxygen atoms in total. The Morgan fingerprint density at radius 2 is 1.89 bits per heavy atom. The van der Waals surface area contributed by atoms with E-state index in [0.29, 0.717) is 21.9 Å². The zero-order valence-corrected chi connectivity index (χ0v) is 11.1. The smallest absolute Gasteiger partial charge is 0.167 e. The van der Waals surface area contributed by atoms with Gasteiger partial charge in [-0.2, -0.15) is 0 Å². The first-order valence-electron chi connectivity index (χ1n) is 5.71. The van der Waals surface area contributed by atoms with Crippen LogP contribution in [-0.2, 0) is 6.42 Å². The summed E-state index contributed by atoms with van der Waals surface area (Å²) in [4.78, 5) is 12.0. The normalized spacial score (nSPS) is 10.3. The molecule has 0 aromatic heterocycles. The first-order chi connectivity index (χ1) is 9.10. The van der Waals surface area contributed by atoms with E-state index in [-0.39, 0.29) is 12.2 Å². The molecule has 0 radical (unpaired) electrons. The second-order valence-corrected chi connectivity index (χ2v) is 4.50. The molecule has 4 heteroatoms. The van der Waals surface area contributed by atoms with Crippen molar-refractivity contribution in [2.45, 2.75) is 6.42 Å². The lowest BCUT2D eigenvalue weighted by Crippen LogP contribution is -2.05. The van der Waals surface area contributed by atoms with Gasteiger partial charge >= 0.3 is 0 Å². The molecule has 0 unspecified atom stereocenters. The van der Waals surface area contributed by atoms with Gasteiger partial charge in [0.25, 0.3) is 0 Å². The van der Waals surface area contributed by atoms with E-state index in [1.165, 1.54) is 12.1 Å². The third kappa shape index (κ3) is 3.32. The van der Waals surface area contributed by atoms with Crippen molar-refractivity contribution in [1.82, 2.24) is 0 Å². The molecule has 98 valence electrons. The van der Waals surface area contributed by atoms with Crippen LogP contribution in [0.4, 0.5) is 4.39 Å². The van der Waals surface area contributed by atoms with Crippen LogP contribution in [0.1, 0.15) is 15.9 Å². The van der Waals surface area contributed by atoms with E-state index in [4.69, 9.17) is 16.3 Å². The Kier molecular flexibility index (Phi) is 4.17. The van der Waals surface area contributed by atoms with Crippen LogP contribution >= 0.6 is 11.6 Å². The molecule has 0 N–H and O–H groups in total. The van der Waals surface area contributed by atoms with Gasteiger partial charge in [0.1, 0.15) is 11.6 Å². The van der Waals surface area contributed by atoms with Crippen LogP contribution in [0.15, 0.2) is 42.5 Å². The Morgan fingerprint density at radius 1 is 1.21 bits per heavy atom. The SMILES string of the molecule is COc1ccc(C(=O)Cc2ccc(Cl)cc2F)cc1. The molecule has 0 bridgehead atoms. The molecule has 0 saturated carbocycles. The predicted octanol–water partition coefficient (Wildman–Crippen LogP) is 3.91. The second kappa shape index (κ2) is 5.85. The molecule has 0 atom stereocenters. The number of hydrogen-bond donors (Lipinski definition) is 0. The summed E-state index contributed by atoms with van der Waals surface area (Å²) in [5.41, 5.74) is 0.861. The first-order valence-corrected chi connectivity index (χ1v) is 6.09. The number of methoxy groups -OCH3 is 1. The Balaban J connectivity index is 2.15. The number of ketones is 1. The number of Topliss-reactive ketones (excluding diaryl/α,β-unsaturated/α-hetero) is 1. The minimum absolute atomic E-state index is 0.00926. The van der Waals surface area contributed by atoms with Crippen LogP contribution in [-0.4, -0.2) is 12.9 Å². The van der Waals surface area contributed by atoms with Gasteiger partial charge in [-0.1, -0.05) is 17.7 Å². The quantitative estimate of drug-likeness (QED) is 0.793. The van der Waals surface area contributed by atoms with E-state index in [2.05, 4.69) is 0 Å². The maximum atomic E-state index is 13.6. The van der Waals surface area contributed by atoms with Crippen molar-refractivity contribution < 1.29 is 13.9 Å². The van der Waals surface area contributed by atoms with Gasteiger partial charge in [0.15, 0.2) is 5.78 Å². The Labute approximate surface area is 115 Å². The van der Waals surface area contributed by atoms with Crippen LogP contribution in [0.25, 0.3) is 0 Å². The Hall–Kier alpha value is -1.87. The molecule has 2 aromatic carbocycles. The first kappa shape index (κ1) is 13.6. The summed E-state index contributed by atoms with van der Waals surface area (Å²) in [7, 11) is 1.56. The van der Waals surface area contributed by atoms with Gasteiger partial charge in [-0.25, -0.2) is 4.39 Å². The van der Waals surface area contributed by atoms with Gasteiger partial charge in [-0.15, -0.1) is 0 Å². The zero-order valence-electron chi connectivity index (χ0n) is 10.3. The molecule has 0 saturated heterocycles. The van der Waals surface area contributed by atoms with E-state index in [1.807, 2.05) is 0 Å². The number of benzene rings is 2. The average Bonchev–Trinajstić information content (AvgIpc) is 2.42. The van der Waals surface area contributed by atoms with Crippen LogP contribution in [0.3, 0.4) is 0 Å². The highest BCUT2D eigenvalue weighted by Crippen LogP contribution is 2.18. The lowest BCUT2D eigenvalue weighted by atomic mass is 10.0. The minimum atomic E-state index is -0.464. The summed E-state index contributed by atoms with van der Waals surface area (Å²) in [6, 6.07) is 11.0. The molecule has 0 aliphatic heterocycles. The van der Waals surface area contributed by atoms with Gasteiger partial charge in [0.05, 0.1) is 7.11 Å². The number of hydrogen-bond acceptors (Lipinski definition) is 2. The summed E-state index contributed by atoms with van der Waals surface area (Å²) < 4.78 is 18.6. The van der Waals surface area contributed by atoms with Crippen LogP contribution in [0, 0.1) is 5.82 Å². The van der Waals surface area contributed by atoms with Gasteiger partial charge in [0.2, 0.25) is 0 Å². The Bertz CT molecular complexity index is 594. The van der Waals surface area contributed by atoms with Gasteiger partial charge < -0.3 is 4.74 Å².